The van der Waals surface area contributed by atoms with Gasteiger partial charge < -0.3 is 4.74 Å². The number of ether oxygens (including phenoxy) is 1. The molecular formula is C5H7Cl3O2. The van der Waals surface area contributed by atoms with E-state index in [0.29, 0.717) is 0 Å². The molecule has 0 unspecified atom stereocenters. The molecule has 2 nitrogen and oxygen atoms in total. The third-order valence-corrected chi connectivity index (χ3v) is 2.11. The molecule has 0 heterocycles. The fourth-order valence-corrected chi connectivity index (χ4v) is 0.821. The molecule has 0 aliphatic rings. The topological polar surface area (TPSA) is 26.3 Å². The SMILES string of the molecule is CC(=O)O[C@H](Cl)[C@H](Cl)CCl. The molecule has 0 aromatic carbocycles. The van der Waals surface area contributed by atoms with E-state index in [2.05, 4.69) is 4.74 Å². The Morgan fingerprint density at radius 1 is 1.60 bits per heavy atom. The van der Waals surface area contributed by atoms with Crippen LogP contribution in [0.15, 0.2) is 0 Å². The third-order valence-electron chi connectivity index (χ3n) is 0.710. The van der Waals surface area contributed by atoms with Gasteiger partial charge in [0.1, 0.15) is 0 Å². The molecule has 0 radical (unpaired) electrons. The van der Waals surface area contributed by atoms with E-state index in [1.54, 1.807) is 0 Å². The van der Waals surface area contributed by atoms with E-state index in [1.807, 2.05) is 0 Å². The smallest absolute Gasteiger partial charge is 0.304 e. The Balaban J connectivity index is 3.61. The predicted molar refractivity (Wildman–Crippen MR) is 41.8 cm³/mol. The summed E-state index contributed by atoms with van der Waals surface area (Å²) in [5, 5.41) is -0.535. The molecular weight excluding hydrogens is 198 g/mol. The first-order valence-corrected chi connectivity index (χ1v) is 4.00. The van der Waals surface area contributed by atoms with Gasteiger partial charge in [0.25, 0.3) is 0 Å². The van der Waals surface area contributed by atoms with Crippen molar-refractivity contribution in [1.82, 2.24) is 0 Å². The maximum absolute atomic E-state index is 10.3. The second-order valence-electron chi connectivity index (χ2n) is 1.63. The molecule has 0 rings (SSSR count). The van der Waals surface area contributed by atoms with Gasteiger partial charge in [0.2, 0.25) is 0 Å². The minimum atomic E-state index is -0.836. The molecule has 0 aromatic rings. The van der Waals surface area contributed by atoms with Crippen LogP contribution in [0.3, 0.4) is 0 Å². The lowest BCUT2D eigenvalue weighted by molar-refractivity contribution is -0.142. The molecule has 0 spiro atoms. The highest BCUT2D eigenvalue weighted by atomic mass is 35.5. The summed E-state index contributed by atoms with van der Waals surface area (Å²) in [6.07, 6.45) is 0. The Hall–Kier alpha value is 0.340. The van der Waals surface area contributed by atoms with Crippen LogP contribution in [0.5, 0.6) is 0 Å². The van der Waals surface area contributed by atoms with E-state index in [9.17, 15) is 4.79 Å². The zero-order valence-corrected chi connectivity index (χ0v) is 7.58. The largest absolute Gasteiger partial charge is 0.445 e. The van der Waals surface area contributed by atoms with Crippen LogP contribution in [0.4, 0.5) is 0 Å². The van der Waals surface area contributed by atoms with Crippen LogP contribution < -0.4 is 0 Å². The number of hydrogen-bond donors (Lipinski definition) is 0. The van der Waals surface area contributed by atoms with Crippen molar-refractivity contribution in [3.05, 3.63) is 0 Å². The lowest BCUT2D eigenvalue weighted by Crippen LogP contribution is -2.22. The summed E-state index contributed by atoms with van der Waals surface area (Å²) in [5.74, 6) is -0.306. The lowest BCUT2D eigenvalue weighted by Gasteiger charge is -2.12. The lowest BCUT2D eigenvalue weighted by atomic mass is 10.5. The van der Waals surface area contributed by atoms with Crippen LogP contribution >= 0.6 is 34.8 Å². The predicted octanol–water partition coefficient (Wildman–Crippen LogP) is 1.96. The van der Waals surface area contributed by atoms with Crippen LogP contribution in [0, 0.1) is 0 Å². The van der Waals surface area contributed by atoms with E-state index in [0.717, 1.165) is 0 Å². The van der Waals surface area contributed by atoms with E-state index in [4.69, 9.17) is 34.8 Å². The number of alkyl halides is 3. The van der Waals surface area contributed by atoms with Crippen LogP contribution in [0.2, 0.25) is 0 Å². The van der Waals surface area contributed by atoms with Crippen molar-refractivity contribution in [3.63, 3.8) is 0 Å². The van der Waals surface area contributed by atoms with Gasteiger partial charge in [-0.3, -0.25) is 4.79 Å². The van der Waals surface area contributed by atoms with Gasteiger partial charge in [-0.15, -0.1) is 23.2 Å². The second-order valence-corrected chi connectivity index (χ2v) is 2.93. The molecule has 2 atom stereocenters. The number of rotatable bonds is 3. The monoisotopic (exact) mass is 204 g/mol. The van der Waals surface area contributed by atoms with E-state index < -0.39 is 16.9 Å². The molecule has 0 saturated heterocycles. The highest BCUT2D eigenvalue weighted by Gasteiger charge is 2.17. The molecule has 0 bridgehead atoms. The van der Waals surface area contributed by atoms with Crippen molar-refractivity contribution in [2.45, 2.75) is 17.9 Å². The Labute approximate surface area is 74.4 Å². The van der Waals surface area contributed by atoms with Crippen LogP contribution in [0.25, 0.3) is 0 Å². The molecule has 10 heavy (non-hydrogen) atoms. The number of carbonyl (C=O) groups is 1. The normalized spacial score (nSPS) is 16.0. The fourth-order valence-electron chi connectivity index (χ4n) is 0.302. The zero-order valence-electron chi connectivity index (χ0n) is 5.31. The molecule has 0 N–H and O–H groups in total. The number of carbonyl (C=O) groups excluding carboxylic acids is 1. The Morgan fingerprint density at radius 2 is 2.10 bits per heavy atom. The highest BCUT2D eigenvalue weighted by Crippen LogP contribution is 2.12. The van der Waals surface area contributed by atoms with Crippen molar-refractivity contribution in [2.75, 3.05) is 5.88 Å². The first kappa shape index (κ1) is 10.3. The van der Waals surface area contributed by atoms with Gasteiger partial charge in [-0.25, -0.2) is 0 Å². The molecule has 0 amide bonds. The second kappa shape index (κ2) is 5.05. The first-order valence-electron chi connectivity index (χ1n) is 2.59. The van der Waals surface area contributed by atoms with Crippen molar-refractivity contribution < 1.29 is 9.53 Å². The van der Waals surface area contributed by atoms with Gasteiger partial charge in [0.05, 0.1) is 5.38 Å². The van der Waals surface area contributed by atoms with Crippen molar-refractivity contribution in [2.24, 2.45) is 0 Å². The Kier molecular flexibility index (Phi) is 5.22. The average molecular weight is 205 g/mol. The third kappa shape index (κ3) is 4.20. The van der Waals surface area contributed by atoms with E-state index >= 15 is 0 Å². The van der Waals surface area contributed by atoms with Crippen molar-refractivity contribution >= 4 is 40.8 Å². The maximum atomic E-state index is 10.3. The van der Waals surface area contributed by atoms with Gasteiger partial charge in [-0.05, 0) is 0 Å². The summed E-state index contributed by atoms with van der Waals surface area (Å²) in [6.45, 7) is 1.26. The maximum Gasteiger partial charge on any atom is 0.304 e. The molecule has 0 fully saturated rings. The number of esters is 1. The Bertz CT molecular complexity index is 117. The Morgan fingerprint density at radius 3 is 2.40 bits per heavy atom. The summed E-state index contributed by atoms with van der Waals surface area (Å²) in [4.78, 5) is 10.3. The van der Waals surface area contributed by atoms with Crippen LogP contribution in [-0.4, -0.2) is 22.8 Å². The van der Waals surface area contributed by atoms with Crippen LogP contribution in [0.1, 0.15) is 6.92 Å². The standard InChI is InChI=1S/C5H7Cl3O2/c1-3(9)10-5(8)4(7)2-6/h4-5H,2H2,1H3/t4-,5+/m1/s1. The van der Waals surface area contributed by atoms with Gasteiger partial charge >= 0.3 is 5.97 Å². The minimum absolute atomic E-state index is 0.156. The van der Waals surface area contributed by atoms with E-state index in [1.165, 1.54) is 6.92 Å². The van der Waals surface area contributed by atoms with Crippen molar-refractivity contribution in [1.29, 1.82) is 0 Å². The van der Waals surface area contributed by atoms with Gasteiger partial charge in [0.15, 0.2) is 5.56 Å². The first-order chi connectivity index (χ1) is 4.57. The fraction of sp³-hybridized carbons (Fsp3) is 0.800. The molecule has 5 heteroatoms. The summed E-state index contributed by atoms with van der Waals surface area (Å²) in [6, 6.07) is 0. The van der Waals surface area contributed by atoms with Crippen molar-refractivity contribution in [3.8, 4) is 0 Å². The summed E-state index contributed by atoms with van der Waals surface area (Å²) in [5.41, 5.74) is -0.836. The number of hydrogen-bond acceptors (Lipinski definition) is 2. The highest BCUT2D eigenvalue weighted by molar-refractivity contribution is 6.33. The number of halogens is 3. The average Bonchev–Trinajstić information content (AvgIpc) is 1.85. The molecule has 60 valence electrons. The molecule has 0 aromatic heterocycles. The molecule has 0 saturated carbocycles. The van der Waals surface area contributed by atoms with Gasteiger partial charge in [-0.1, -0.05) is 11.6 Å². The molecule has 0 aliphatic heterocycles. The minimum Gasteiger partial charge on any atom is -0.445 e. The van der Waals surface area contributed by atoms with Crippen LogP contribution in [-0.2, 0) is 9.53 Å². The summed E-state index contributed by atoms with van der Waals surface area (Å²) >= 11 is 16.3. The van der Waals surface area contributed by atoms with Gasteiger partial charge in [-0.2, -0.15) is 0 Å². The molecule has 0 aliphatic carbocycles. The quantitative estimate of drug-likeness (QED) is 0.520. The van der Waals surface area contributed by atoms with E-state index in [-0.39, 0.29) is 5.88 Å². The zero-order chi connectivity index (χ0) is 8.15. The van der Waals surface area contributed by atoms with Gasteiger partial charge in [0, 0.05) is 12.8 Å². The summed E-state index contributed by atoms with van der Waals surface area (Å²) in [7, 11) is 0. The summed E-state index contributed by atoms with van der Waals surface area (Å²) < 4.78 is 4.51.